The Balaban J connectivity index is 0.00000210. The molecule has 0 bridgehead atoms. The zero-order valence-corrected chi connectivity index (χ0v) is 16.1. The average molecular weight is 387 g/mol. The summed E-state index contributed by atoms with van der Waals surface area (Å²) in [6.07, 6.45) is 2.12. The molecule has 27 heavy (non-hydrogen) atoms. The van der Waals surface area contributed by atoms with Gasteiger partial charge in [0.1, 0.15) is 0 Å². The fraction of sp³-hybridized carbons (Fsp3) is 0.200. The van der Waals surface area contributed by atoms with Gasteiger partial charge in [0.25, 0.3) is 5.88 Å². The zero-order valence-electron chi connectivity index (χ0n) is 15.3. The van der Waals surface area contributed by atoms with E-state index in [1.54, 1.807) is 0 Å². The van der Waals surface area contributed by atoms with Gasteiger partial charge in [-0.15, -0.1) is 0 Å². The van der Waals surface area contributed by atoms with E-state index in [1.165, 1.54) is 0 Å². The normalized spacial score (nSPS) is 15.5. The van der Waals surface area contributed by atoms with Gasteiger partial charge in [-0.3, -0.25) is 0 Å². The van der Waals surface area contributed by atoms with Crippen molar-refractivity contribution < 1.29 is 16.0 Å². The SMILES string of the molecule is CN(C)CCN1C=c2ccccc2=C2[NH2+]N(c3ccc(Cl)cc3)C(O)=C21.[OH-]. The zero-order chi connectivity index (χ0) is 18.3. The Morgan fingerprint density at radius 2 is 1.78 bits per heavy atom. The molecular weight excluding hydrogens is 364 g/mol. The van der Waals surface area contributed by atoms with E-state index in [-0.39, 0.29) is 11.4 Å². The molecule has 0 fully saturated rings. The lowest BCUT2D eigenvalue weighted by Gasteiger charge is -2.24. The summed E-state index contributed by atoms with van der Waals surface area (Å²) in [4.78, 5) is 4.28. The molecule has 142 valence electrons. The van der Waals surface area contributed by atoms with Gasteiger partial charge in [-0.05, 0) is 44.4 Å². The minimum absolute atomic E-state index is 0. The lowest BCUT2D eigenvalue weighted by molar-refractivity contribution is -0.568. The summed E-state index contributed by atoms with van der Waals surface area (Å²) in [5.74, 6) is 0.242. The highest BCUT2D eigenvalue weighted by Crippen LogP contribution is 2.27. The summed E-state index contributed by atoms with van der Waals surface area (Å²) >= 11 is 6.01. The van der Waals surface area contributed by atoms with Crippen LogP contribution in [-0.2, 0) is 0 Å². The molecular formula is C20H23ClN4O2. The number of hydrogen-bond donors (Lipinski definition) is 2. The summed E-state index contributed by atoms with van der Waals surface area (Å²) in [7, 11) is 4.11. The maximum Gasteiger partial charge on any atom is 0.270 e. The summed E-state index contributed by atoms with van der Waals surface area (Å²) in [5, 5.41) is 15.8. The van der Waals surface area contributed by atoms with Crippen molar-refractivity contribution in [1.29, 1.82) is 0 Å². The quantitative estimate of drug-likeness (QED) is 0.753. The van der Waals surface area contributed by atoms with Crippen molar-refractivity contribution in [1.82, 2.24) is 9.80 Å². The van der Waals surface area contributed by atoms with Crippen molar-refractivity contribution in [3.05, 3.63) is 75.6 Å². The van der Waals surface area contributed by atoms with Gasteiger partial charge in [0, 0.05) is 34.7 Å². The molecule has 0 aromatic heterocycles. The molecule has 0 saturated heterocycles. The molecule has 6 nitrogen and oxygen atoms in total. The predicted molar refractivity (Wildman–Crippen MR) is 106 cm³/mol. The van der Waals surface area contributed by atoms with Crippen molar-refractivity contribution in [2.45, 2.75) is 0 Å². The maximum atomic E-state index is 11.0. The van der Waals surface area contributed by atoms with Crippen LogP contribution in [-0.4, -0.2) is 47.6 Å². The van der Waals surface area contributed by atoms with Gasteiger partial charge in [-0.2, -0.15) is 5.01 Å². The highest BCUT2D eigenvalue weighted by molar-refractivity contribution is 6.30. The predicted octanol–water partition coefficient (Wildman–Crippen LogP) is 0.612. The van der Waals surface area contributed by atoms with Crippen LogP contribution in [0.4, 0.5) is 5.69 Å². The molecule has 0 amide bonds. The fourth-order valence-corrected chi connectivity index (χ4v) is 3.46. The Morgan fingerprint density at radius 3 is 2.48 bits per heavy atom. The van der Waals surface area contributed by atoms with Crippen molar-refractivity contribution in [2.75, 3.05) is 32.2 Å². The van der Waals surface area contributed by atoms with E-state index in [0.717, 1.165) is 40.6 Å². The number of aliphatic hydroxyl groups is 1. The van der Waals surface area contributed by atoms with E-state index in [0.29, 0.717) is 5.02 Å². The second-order valence-corrected chi connectivity index (χ2v) is 7.21. The minimum Gasteiger partial charge on any atom is -0.870 e. The van der Waals surface area contributed by atoms with E-state index in [1.807, 2.05) is 46.8 Å². The molecule has 2 aromatic carbocycles. The summed E-state index contributed by atoms with van der Waals surface area (Å²) in [6, 6.07) is 15.8. The lowest BCUT2D eigenvalue weighted by atomic mass is 10.1. The summed E-state index contributed by atoms with van der Waals surface area (Å²) in [6.45, 7) is 1.69. The third-order valence-electron chi connectivity index (χ3n) is 4.68. The Kier molecular flexibility index (Phi) is 5.43. The Morgan fingerprint density at radius 1 is 1.07 bits per heavy atom. The second kappa shape index (κ2) is 7.62. The molecule has 7 heteroatoms. The van der Waals surface area contributed by atoms with Crippen LogP contribution in [0.5, 0.6) is 0 Å². The number of nitrogens with zero attached hydrogens (tertiary/aromatic N) is 3. The highest BCUT2D eigenvalue weighted by atomic mass is 35.5. The third-order valence-corrected chi connectivity index (χ3v) is 4.93. The van der Waals surface area contributed by atoms with E-state index >= 15 is 0 Å². The van der Waals surface area contributed by atoms with Gasteiger partial charge in [-0.1, -0.05) is 29.8 Å². The van der Waals surface area contributed by atoms with Crippen LogP contribution in [0.1, 0.15) is 0 Å². The van der Waals surface area contributed by atoms with Gasteiger partial charge in [0.15, 0.2) is 11.4 Å². The fourth-order valence-electron chi connectivity index (χ4n) is 3.34. The highest BCUT2D eigenvalue weighted by Gasteiger charge is 2.37. The number of hydrogen-bond acceptors (Lipinski definition) is 5. The number of benzene rings is 2. The largest absolute Gasteiger partial charge is 0.870 e. The lowest BCUT2D eigenvalue weighted by Crippen LogP contribution is -2.90. The Hall–Kier alpha value is -2.51. The molecule has 0 radical (unpaired) electrons. The minimum atomic E-state index is 0. The third kappa shape index (κ3) is 3.52. The van der Waals surface area contributed by atoms with Gasteiger partial charge in [0.05, 0.1) is 5.69 Å². The van der Waals surface area contributed by atoms with Crippen LogP contribution in [0, 0.1) is 0 Å². The van der Waals surface area contributed by atoms with Crippen molar-refractivity contribution in [3.8, 4) is 0 Å². The topological polar surface area (TPSA) is 76.6 Å². The first-order valence-corrected chi connectivity index (χ1v) is 8.98. The second-order valence-electron chi connectivity index (χ2n) is 6.77. The molecule has 0 saturated carbocycles. The Labute approximate surface area is 163 Å². The smallest absolute Gasteiger partial charge is 0.270 e. The van der Waals surface area contributed by atoms with Gasteiger partial charge in [0.2, 0.25) is 0 Å². The molecule has 4 rings (SSSR count). The first-order chi connectivity index (χ1) is 12.5. The van der Waals surface area contributed by atoms with E-state index in [9.17, 15) is 5.11 Å². The number of fused-ring (bicyclic) bond motifs is 2. The summed E-state index contributed by atoms with van der Waals surface area (Å²) in [5.41, 5.74) is 4.77. The van der Waals surface area contributed by atoms with Crippen LogP contribution < -0.4 is 20.9 Å². The summed E-state index contributed by atoms with van der Waals surface area (Å²) < 4.78 is 0. The van der Waals surface area contributed by atoms with Gasteiger partial charge >= 0.3 is 0 Å². The van der Waals surface area contributed by atoms with Crippen LogP contribution in [0.2, 0.25) is 5.02 Å². The number of rotatable bonds is 4. The monoisotopic (exact) mass is 386 g/mol. The number of nitrogens with two attached hydrogens (primary N) is 1. The number of likely N-dealkylation sites (N-methyl/N-ethyl adjacent to an activating group) is 1. The van der Waals surface area contributed by atoms with E-state index < -0.39 is 0 Å². The van der Waals surface area contributed by atoms with Crippen LogP contribution in [0.3, 0.4) is 0 Å². The number of halogens is 1. The van der Waals surface area contributed by atoms with E-state index in [4.69, 9.17) is 11.6 Å². The Bertz CT molecular complexity index is 986. The molecule has 0 atom stereocenters. The molecule has 0 aliphatic carbocycles. The molecule has 0 unspecified atom stereocenters. The van der Waals surface area contributed by atoms with Crippen molar-refractivity contribution in [2.24, 2.45) is 0 Å². The molecule has 2 heterocycles. The standard InChI is InChI=1S/C20H21ClN4O.H2O/c1-23(2)11-12-24-13-14-5-3-4-6-17(14)18-19(24)20(26)25(22-18)16-9-7-15(21)8-10-16;/h3-10,13,22,26H,11-12H2,1-2H3;1H2. The molecule has 2 aromatic rings. The number of aliphatic hydroxyl groups excluding tert-OH is 1. The molecule has 2 aliphatic rings. The molecule has 2 aliphatic heterocycles. The first kappa shape index (κ1) is 19.3. The van der Waals surface area contributed by atoms with Crippen LogP contribution in [0.25, 0.3) is 11.9 Å². The van der Waals surface area contributed by atoms with Crippen molar-refractivity contribution >= 4 is 29.2 Å². The number of anilines is 1. The van der Waals surface area contributed by atoms with Crippen LogP contribution >= 0.6 is 11.6 Å². The molecule has 0 spiro atoms. The molecule has 4 N–H and O–H groups in total. The first-order valence-electron chi connectivity index (χ1n) is 8.60. The van der Waals surface area contributed by atoms with E-state index in [2.05, 4.69) is 42.2 Å². The van der Waals surface area contributed by atoms with Crippen molar-refractivity contribution in [3.63, 3.8) is 0 Å². The average Bonchev–Trinajstić information content (AvgIpc) is 2.98. The number of quaternary nitrogens is 1. The van der Waals surface area contributed by atoms with Crippen LogP contribution in [0.15, 0.2) is 60.1 Å². The van der Waals surface area contributed by atoms with Gasteiger partial charge in [-0.25, -0.2) is 5.43 Å². The maximum absolute atomic E-state index is 11.0. The van der Waals surface area contributed by atoms with Gasteiger partial charge < -0.3 is 20.4 Å².